The van der Waals surface area contributed by atoms with Gasteiger partial charge >= 0.3 is 0 Å². The summed E-state index contributed by atoms with van der Waals surface area (Å²) in [6.45, 7) is 0. The molecule has 1 aliphatic carbocycles. The summed E-state index contributed by atoms with van der Waals surface area (Å²) >= 11 is 1.55. The fourth-order valence-corrected chi connectivity index (χ4v) is 3.67. The number of amides is 1. The highest BCUT2D eigenvalue weighted by Crippen LogP contribution is 2.41. The van der Waals surface area contributed by atoms with Gasteiger partial charge in [-0.1, -0.05) is 35.5 Å². The van der Waals surface area contributed by atoms with E-state index in [1.54, 1.807) is 18.0 Å². The number of benzene rings is 1. The van der Waals surface area contributed by atoms with E-state index < -0.39 is 0 Å². The molecular formula is C22H18N4O2S. The molecule has 1 N–H and O–H groups in total. The van der Waals surface area contributed by atoms with Crippen molar-refractivity contribution in [3.8, 4) is 11.3 Å². The number of aromatic nitrogens is 3. The standard InChI is InChI=1S/C22H18N4O2S/c1-29-18-10-9-15(12-23-18)24-21(27)16-11-17(13-7-8-13)25-22-19(16)20(26-28-22)14-5-3-2-4-6-14/h2-6,9-13H,7-8H2,1H3,(H,24,27). The lowest BCUT2D eigenvalue weighted by molar-refractivity contribution is 0.102. The normalized spacial score (nSPS) is 13.6. The van der Waals surface area contributed by atoms with E-state index in [1.807, 2.05) is 54.8 Å². The van der Waals surface area contributed by atoms with E-state index in [0.29, 0.717) is 34.0 Å². The number of carbonyl (C=O) groups excluding carboxylic acids is 1. The van der Waals surface area contributed by atoms with Gasteiger partial charge in [-0.05, 0) is 37.3 Å². The summed E-state index contributed by atoms with van der Waals surface area (Å²) in [6, 6.07) is 15.3. The highest BCUT2D eigenvalue weighted by Gasteiger charge is 2.29. The number of anilines is 1. The van der Waals surface area contributed by atoms with Gasteiger partial charge in [0.15, 0.2) is 0 Å². The van der Waals surface area contributed by atoms with E-state index in [9.17, 15) is 4.79 Å². The molecule has 0 spiro atoms. The minimum absolute atomic E-state index is 0.224. The minimum atomic E-state index is -0.224. The summed E-state index contributed by atoms with van der Waals surface area (Å²) in [5.74, 6) is 0.164. The molecule has 0 aliphatic heterocycles. The lowest BCUT2D eigenvalue weighted by Gasteiger charge is -2.09. The van der Waals surface area contributed by atoms with Crippen molar-refractivity contribution in [2.24, 2.45) is 0 Å². The molecular weight excluding hydrogens is 384 g/mol. The molecule has 3 heterocycles. The van der Waals surface area contributed by atoms with Crippen LogP contribution in [-0.4, -0.2) is 27.3 Å². The van der Waals surface area contributed by atoms with Crippen LogP contribution >= 0.6 is 11.8 Å². The number of thioether (sulfide) groups is 1. The van der Waals surface area contributed by atoms with Crippen LogP contribution in [-0.2, 0) is 0 Å². The highest BCUT2D eigenvalue weighted by atomic mass is 32.2. The van der Waals surface area contributed by atoms with Gasteiger partial charge in [0.2, 0.25) is 0 Å². The zero-order chi connectivity index (χ0) is 19.8. The van der Waals surface area contributed by atoms with Crippen LogP contribution in [0.2, 0.25) is 0 Å². The lowest BCUT2D eigenvalue weighted by Crippen LogP contribution is -2.13. The van der Waals surface area contributed by atoms with Gasteiger partial charge in [0.1, 0.15) is 5.69 Å². The highest BCUT2D eigenvalue weighted by molar-refractivity contribution is 7.98. The van der Waals surface area contributed by atoms with Crippen LogP contribution in [0, 0.1) is 0 Å². The number of nitrogens with zero attached hydrogens (tertiary/aromatic N) is 3. The summed E-state index contributed by atoms with van der Waals surface area (Å²) in [4.78, 5) is 22.2. The molecule has 29 heavy (non-hydrogen) atoms. The Bertz CT molecular complexity index is 1180. The second-order valence-corrected chi connectivity index (χ2v) is 7.82. The summed E-state index contributed by atoms with van der Waals surface area (Å²) in [5, 5.41) is 8.71. The average molecular weight is 402 g/mol. The number of nitrogens with one attached hydrogen (secondary N) is 1. The van der Waals surface area contributed by atoms with Gasteiger partial charge in [-0.2, -0.15) is 0 Å². The van der Waals surface area contributed by atoms with E-state index >= 15 is 0 Å². The number of carbonyl (C=O) groups is 1. The second-order valence-electron chi connectivity index (χ2n) is 6.99. The third-order valence-electron chi connectivity index (χ3n) is 4.96. The first-order valence-corrected chi connectivity index (χ1v) is 10.6. The third-order valence-corrected chi connectivity index (χ3v) is 5.62. The molecule has 1 aromatic carbocycles. The number of rotatable bonds is 5. The van der Waals surface area contributed by atoms with Gasteiger partial charge in [0, 0.05) is 17.2 Å². The van der Waals surface area contributed by atoms with Crippen molar-refractivity contribution in [1.29, 1.82) is 0 Å². The van der Waals surface area contributed by atoms with Gasteiger partial charge in [-0.15, -0.1) is 11.8 Å². The van der Waals surface area contributed by atoms with Gasteiger partial charge in [0.05, 0.1) is 27.9 Å². The van der Waals surface area contributed by atoms with Gasteiger partial charge in [-0.3, -0.25) is 4.79 Å². The Labute approximate surface area is 171 Å². The first kappa shape index (κ1) is 17.9. The Kier molecular flexibility index (Phi) is 4.52. The quantitative estimate of drug-likeness (QED) is 0.466. The van der Waals surface area contributed by atoms with Crippen LogP contribution in [0.25, 0.3) is 22.4 Å². The minimum Gasteiger partial charge on any atom is -0.335 e. The van der Waals surface area contributed by atoms with Gasteiger partial charge < -0.3 is 9.84 Å². The Balaban J connectivity index is 1.59. The van der Waals surface area contributed by atoms with Crippen molar-refractivity contribution in [3.63, 3.8) is 0 Å². The molecule has 5 rings (SSSR count). The molecule has 4 aromatic rings. The zero-order valence-electron chi connectivity index (χ0n) is 15.8. The van der Waals surface area contributed by atoms with Crippen LogP contribution in [0.4, 0.5) is 5.69 Å². The molecule has 0 unspecified atom stereocenters. The monoisotopic (exact) mass is 402 g/mol. The molecule has 0 atom stereocenters. The predicted molar refractivity (Wildman–Crippen MR) is 113 cm³/mol. The van der Waals surface area contributed by atoms with Crippen LogP contribution in [0.15, 0.2) is 64.3 Å². The summed E-state index contributed by atoms with van der Waals surface area (Å²) in [6.07, 6.45) is 5.79. The molecule has 7 heteroatoms. The number of fused-ring (bicyclic) bond motifs is 1. The molecule has 0 bridgehead atoms. The van der Waals surface area contributed by atoms with E-state index in [2.05, 4.69) is 20.4 Å². The number of hydrogen-bond donors (Lipinski definition) is 1. The predicted octanol–water partition coefficient (Wildman–Crippen LogP) is 5.14. The van der Waals surface area contributed by atoms with Crippen molar-refractivity contribution in [2.45, 2.75) is 23.8 Å². The fourth-order valence-electron chi connectivity index (χ4n) is 3.30. The Morgan fingerprint density at radius 3 is 2.69 bits per heavy atom. The maximum Gasteiger partial charge on any atom is 0.259 e. The topological polar surface area (TPSA) is 80.9 Å². The van der Waals surface area contributed by atoms with Crippen LogP contribution in [0.1, 0.15) is 34.8 Å². The number of hydrogen-bond acceptors (Lipinski definition) is 6. The maximum atomic E-state index is 13.2. The molecule has 3 aromatic heterocycles. The molecule has 1 aliphatic rings. The number of pyridine rings is 2. The summed E-state index contributed by atoms with van der Waals surface area (Å²) in [7, 11) is 0. The van der Waals surface area contributed by atoms with Crippen molar-refractivity contribution in [1.82, 2.24) is 15.1 Å². The lowest BCUT2D eigenvalue weighted by atomic mass is 10.0. The van der Waals surface area contributed by atoms with Gasteiger partial charge in [0.25, 0.3) is 11.6 Å². The van der Waals surface area contributed by atoms with Crippen molar-refractivity contribution >= 4 is 34.5 Å². The van der Waals surface area contributed by atoms with Crippen LogP contribution < -0.4 is 5.32 Å². The molecule has 1 amide bonds. The van der Waals surface area contributed by atoms with Crippen molar-refractivity contribution in [3.05, 3.63) is 66.0 Å². The zero-order valence-corrected chi connectivity index (χ0v) is 16.6. The third kappa shape index (κ3) is 3.49. The fraction of sp³-hybridized carbons (Fsp3) is 0.182. The molecule has 1 fully saturated rings. The first-order chi connectivity index (χ1) is 14.2. The Morgan fingerprint density at radius 1 is 1.17 bits per heavy atom. The van der Waals surface area contributed by atoms with Crippen molar-refractivity contribution in [2.75, 3.05) is 11.6 Å². The molecule has 0 radical (unpaired) electrons. The summed E-state index contributed by atoms with van der Waals surface area (Å²) < 4.78 is 5.54. The Morgan fingerprint density at radius 2 is 2.00 bits per heavy atom. The molecule has 6 nitrogen and oxygen atoms in total. The van der Waals surface area contributed by atoms with Crippen LogP contribution in [0.3, 0.4) is 0 Å². The SMILES string of the molecule is CSc1ccc(NC(=O)c2cc(C3CC3)nc3onc(-c4ccccc4)c23)cn1. The van der Waals surface area contributed by atoms with Crippen molar-refractivity contribution < 1.29 is 9.32 Å². The largest absolute Gasteiger partial charge is 0.335 e. The molecule has 1 saturated carbocycles. The van der Waals surface area contributed by atoms with Crippen LogP contribution in [0.5, 0.6) is 0 Å². The molecule has 144 valence electrons. The smallest absolute Gasteiger partial charge is 0.259 e. The Hall–Kier alpha value is -3.19. The van der Waals surface area contributed by atoms with E-state index in [0.717, 1.165) is 29.1 Å². The second kappa shape index (κ2) is 7.33. The van der Waals surface area contributed by atoms with E-state index in [4.69, 9.17) is 4.52 Å². The maximum absolute atomic E-state index is 13.2. The summed E-state index contributed by atoms with van der Waals surface area (Å²) in [5.41, 5.74) is 3.95. The first-order valence-electron chi connectivity index (χ1n) is 9.40. The van der Waals surface area contributed by atoms with Gasteiger partial charge in [-0.25, -0.2) is 9.97 Å². The van der Waals surface area contributed by atoms with E-state index in [-0.39, 0.29) is 5.91 Å². The molecule has 0 saturated heterocycles. The van der Waals surface area contributed by atoms with E-state index in [1.165, 1.54) is 0 Å². The average Bonchev–Trinajstić information content (AvgIpc) is 3.53.